The van der Waals surface area contributed by atoms with Crippen molar-refractivity contribution in [1.82, 2.24) is 0 Å². The quantitative estimate of drug-likeness (QED) is 0.766. The smallest absolute Gasteiger partial charge is 0.219 e. The van der Waals surface area contributed by atoms with Gasteiger partial charge < -0.3 is 4.42 Å². The highest BCUT2D eigenvalue weighted by atomic mass is 79.9. The summed E-state index contributed by atoms with van der Waals surface area (Å²) in [7, 11) is 0. The lowest BCUT2D eigenvalue weighted by molar-refractivity contribution is 0.0950. The summed E-state index contributed by atoms with van der Waals surface area (Å²) in [5, 5.41) is 9.27. The van der Waals surface area contributed by atoms with E-state index >= 15 is 0 Å². The molecule has 0 bridgehead atoms. The average molecular weight is 332 g/mol. The van der Waals surface area contributed by atoms with Crippen LogP contribution in [-0.4, -0.2) is 5.78 Å². The summed E-state index contributed by atoms with van der Waals surface area (Å²) in [5.41, 5.74) is 1.87. The molecular weight excluding hydrogens is 318 g/mol. The number of halogens is 1. The van der Waals surface area contributed by atoms with Crippen LogP contribution in [-0.2, 0) is 0 Å². The van der Waals surface area contributed by atoms with E-state index in [0.29, 0.717) is 16.2 Å². The van der Waals surface area contributed by atoms with Crippen molar-refractivity contribution in [2.24, 2.45) is 0 Å². The monoisotopic (exact) mass is 331 g/mol. The first-order valence-electron chi connectivity index (χ1n) is 6.32. The van der Waals surface area contributed by atoms with Crippen molar-refractivity contribution in [2.75, 3.05) is 0 Å². The molecule has 1 atom stereocenters. The number of nitriles is 1. The highest BCUT2D eigenvalue weighted by Gasteiger charge is 2.24. The third-order valence-electron chi connectivity index (χ3n) is 3.14. The molecule has 0 N–H and O–H groups in total. The van der Waals surface area contributed by atoms with Crippen molar-refractivity contribution in [3.8, 4) is 6.07 Å². The maximum Gasteiger partial charge on any atom is 0.219 e. The van der Waals surface area contributed by atoms with Crippen LogP contribution >= 0.6 is 15.9 Å². The molecule has 0 aliphatic rings. The van der Waals surface area contributed by atoms with E-state index in [0.717, 1.165) is 0 Å². The van der Waals surface area contributed by atoms with Crippen LogP contribution in [0.15, 0.2) is 45.5 Å². The van der Waals surface area contributed by atoms with Crippen LogP contribution in [0.3, 0.4) is 0 Å². The zero-order valence-electron chi connectivity index (χ0n) is 11.3. The van der Waals surface area contributed by atoms with Gasteiger partial charge in [0.1, 0.15) is 5.92 Å². The van der Waals surface area contributed by atoms with Gasteiger partial charge in [0.15, 0.2) is 10.4 Å². The van der Waals surface area contributed by atoms with Crippen molar-refractivity contribution in [2.45, 2.75) is 25.7 Å². The Hall–Kier alpha value is -1.86. The first kappa shape index (κ1) is 14.5. The summed E-state index contributed by atoms with van der Waals surface area (Å²) in [6.07, 6.45) is 0. The van der Waals surface area contributed by atoms with Gasteiger partial charge in [-0.3, -0.25) is 4.79 Å². The van der Waals surface area contributed by atoms with Crippen molar-refractivity contribution < 1.29 is 9.21 Å². The predicted molar refractivity (Wildman–Crippen MR) is 79.6 cm³/mol. The van der Waals surface area contributed by atoms with E-state index in [4.69, 9.17) is 4.42 Å². The Kier molecular flexibility index (Phi) is 4.41. The molecule has 1 aromatic heterocycles. The van der Waals surface area contributed by atoms with Crippen LogP contribution in [0.2, 0.25) is 0 Å². The highest BCUT2D eigenvalue weighted by Crippen LogP contribution is 2.25. The van der Waals surface area contributed by atoms with Crippen LogP contribution in [0.5, 0.6) is 0 Å². The number of rotatable bonds is 4. The fraction of sp³-hybridized carbons (Fsp3) is 0.250. The standard InChI is InChI=1S/C16H14BrNO2/c1-10(2)11-3-5-12(6-4-11)13(9-18)16(19)14-7-8-15(17)20-14/h3-8,10,13H,1-2H3. The molecule has 0 fully saturated rings. The molecule has 0 saturated heterocycles. The average Bonchev–Trinajstić information content (AvgIpc) is 2.86. The molecule has 0 aliphatic heterocycles. The lowest BCUT2D eigenvalue weighted by Crippen LogP contribution is -2.10. The van der Waals surface area contributed by atoms with Gasteiger partial charge in [0.05, 0.1) is 6.07 Å². The van der Waals surface area contributed by atoms with Crippen molar-refractivity contribution >= 4 is 21.7 Å². The van der Waals surface area contributed by atoms with Gasteiger partial charge >= 0.3 is 0 Å². The number of nitrogens with zero attached hydrogens (tertiary/aromatic N) is 1. The van der Waals surface area contributed by atoms with Crippen molar-refractivity contribution in [1.29, 1.82) is 5.26 Å². The first-order valence-corrected chi connectivity index (χ1v) is 7.11. The van der Waals surface area contributed by atoms with E-state index in [1.165, 1.54) is 5.56 Å². The van der Waals surface area contributed by atoms with Gasteiger partial charge in [0.2, 0.25) is 5.78 Å². The number of hydrogen-bond acceptors (Lipinski definition) is 3. The molecule has 2 rings (SSSR count). The van der Waals surface area contributed by atoms with Gasteiger partial charge in [0, 0.05) is 0 Å². The van der Waals surface area contributed by atoms with Crippen molar-refractivity contribution in [3.05, 3.63) is 58.0 Å². The summed E-state index contributed by atoms with van der Waals surface area (Å²) < 4.78 is 5.71. The van der Waals surface area contributed by atoms with Crippen molar-refractivity contribution in [3.63, 3.8) is 0 Å². The number of benzene rings is 1. The third-order valence-corrected chi connectivity index (χ3v) is 3.57. The summed E-state index contributed by atoms with van der Waals surface area (Å²) in [4.78, 5) is 12.3. The molecule has 0 saturated carbocycles. The van der Waals surface area contributed by atoms with E-state index in [1.54, 1.807) is 12.1 Å². The van der Waals surface area contributed by atoms with Crippen LogP contribution < -0.4 is 0 Å². The number of carbonyl (C=O) groups excluding carboxylic acids is 1. The SMILES string of the molecule is CC(C)c1ccc(C(C#N)C(=O)c2ccc(Br)o2)cc1. The zero-order chi connectivity index (χ0) is 14.7. The minimum atomic E-state index is -0.839. The molecule has 3 nitrogen and oxygen atoms in total. The second-order valence-corrected chi connectivity index (χ2v) is 5.63. The van der Waals surface area contributed by atoms with Gasteiger partial charge in [0.25, 0.3) is 0 Å². The second-order valence-electron chi connectivity index (χ2n) is 4.85. The third kappa shape index (κ3) is 3.00. The fourth-order valence-corrected chi connectivity index (χ4v) is 2.25. The minimum absolute atomic E-state index is 0.191. The summed E-state index contributed by atoms with van der Waals surface area (Å²) in [5.74, 6) is -0.553. The number of hydrogen-bond donors (Lipinski definition) is 0. The van der Waals surface area contributed by atoms with Crippen LogP contribution in [0.25, 0.3) is 0 Å². The molecule has 2 aromatic rings. The Bertz CT molecular complexity index is 650. The number of carbonyl (C=O) groups is 1. The molecule has 4 heteroatoms. The van der Waals surface area contributed by atoms with Gasteiger partial charge in [-0.1, -0.05) is 38.1 Å². The van der Waals surface area contributed by atoms with Crippen LogP contribution in [0, 0.1) is 11.3 Å². The molecule has 20 heavy (non-hydrogen) atoms. The van der Waals surface area contributed by atoms with E-state index in [-0.39, 0.29) is 11.5 Å². The summed E-state index contributed by atoms with van der Waals surface area (Å²) >= 11 is 3.15. The van der Waals surface area contributed by atoms with E-state index in [2.05, 4.69) is 29.8 Å². The zero-order valence-corrected chi connectivity index (χ0v) is 12.8. The maximum absolute atomic E-state index is 12.3. The van der Waals surface area contributed by atoms with E-state index < -0.39 is 5.92 Å². The molecule has 1 unspecified atom stereocenters. The highest BCUT2D eigenvalue weighted by molar-refractivity contribution is 9.10. The Labute approximate surface area is 126 Å². The van der Waals surface area contributed by atoms with Gasteiger partial charge in [-0.25, -0.2) is 0 Å². The molecular formula is C16H14BrNO2. The Morgan fingerprint density at radius 1 is 1.15 bits per heavy atom. The molecule has 0 radical (unpaired) electrons. The predicted octanol–water partition coefficient (Wildman–Crippen LogP) is 4.66. The van der Waals surface area contributed by atoms with Crippen LogP contribution in [0.4, 0.5) is 0 Å². The normalized spacial score (nSPS) is 12.2. The molecule has 102 valence electrons. The van der Waals surface area contributed by atoms with Gasteiger partial charge in [-0.15, -0.1) is 0 Å². The molecule has 0 spiro atoms. The summed E-state index contributed by atoms with van der Waals surface area (Å²) in [6, 6.07) is 12.8. The number of Topliss-reactive ketones (excluding diaryl/α,β-unsaturated/α-hetero) is 1. The molecule has 1 heterocycles. The van der Waals surface area contributed by atoms with Gasteiger partial charge in [-0.05, 0) is 45.1 Å². The fourth-order valence-electron chi connectivity index (χ4n) is 1.95. The summed E-state index contributed by atoms with van der Waals surface area (Å²) in [6.45, 7) is 4.20. The topological polar surface area (TPSA) is 54.0 Å². The molecule has 0 aliphatic carbocycles. The second kappa shape index (κ2) is 6.06. The Morgan fingerprint density at radius 3 is 2.20 bits per heavy atom. The first-order chi connectivity index (χ1) is 9.52. The number of furan rings is 1. The Balaban J connectivity index is 2.28. The van der Waals surface area contributed by atoms with Gasteiger partial charge in [-0.2, -0.15) is 5.26 Å². The lowest BCUT2D eigenvalue weighted by atomic mass is 9.92. The molecule has 0 amide bonds. The molecule has 1 aromatic carbocycles. The lowest BCUT2D eigenvalue weighted by Gasteiger charge is -2.09. The maximum atomic E-state index is 12.3. The van der Waals surface area contributed by atoms with E-state index in [1.807, 2.05) is 30.3 Å². The minimum Gasteiger partial charge on any atom is -0.446 e. The largest absolute Gasteiger partial charge is 0.446 e. The van der Waals surface area contributed by atoms with E-state index in [9.17, 15) is 10.1 Å². The number of ketones is 1. The van der Waals surface area contributed by atoms with Crippen LogP contribution in [0.1, 0.15) is 47.4 Å². The Morgan fingerprint density at radius 2 is 1.75 bits per heavy atom.